The molecule has 0 aliphatic rings. The van der Waals surface area contributed by atoms with E-state index in [1.165, 1.54) is 58.4 Å². The maximum Gasteiger partial charge on any atom is 2.00 e. The van der Waals surface area contributed by atoms with E-state index >= 15 is 0 Å². The zero-order chi connectivity index (χ0) is 52.1. The molecule has 4 N–H and O–H groups in total. The molecular formula is C50H38BaCl2N6O12S2. The zero-order valence-corrected chi connectivity index (χ0v) is 46.3. The number of phenols is 1. The van der Waals surface area contributed by atoms with E-state index in [-0.39, 0.29) is 104 Å². The number of aryl methyl sites for hydroxylation is 2. The third-order valence-corrected chi connectivity index (χ3v) is 13.1. The maximum atomic E-state index is 13.3. The van der Waals surface area contributed by atoms with Crippen LogP contribution in [0, 0.1) is 13.8 Å². The van der Waals surface area contributed by atoms with Crippen molar-refractivity contribution in [2.24, 2.45) is 20.5 Å². The summed E-state index contributed by atoms with van der Waals surface area (Å²) < 4.78 is 79.2. The van der Waals surface area contributed by atoms with Crippen molar-refractivity contribution >= 4 is 160 Å². The number of aromatic hydroxyl groups is 1. The molecule has 8 aromatic carbocycles. The quantitative estimate of drug-likeness (QED) is 0.0505. The van der Waals surface area contributed by atoms with Gasteiger partial charge in [0.15, 0.2) is 5.75 Å². The van der Waals surface area contributed by atoms with Gasteiger partial charge in [-0.05, 0) is 121 Å². The van der Waals surface area contributed by atoms with Crippen molar-refractivity contribution in [3.8, 4) is 23.0 Å². The van der Waals surface area contributed by atoms with Crippen molar-refractivity contribution in [3.05, 3.63) is 166 Å². The summed E-state index contributed by atoms with van der Waals surface area (Å²) in [4.78, 5) is 25.0. The van der Waals surface area contributed by atoms with Crippen LogP contribution in [-0.4, -0.2) is 106 Å². The van der Waals surface area contributed by atoms with Gasteiger partial charge in [-0.1, -0.05) is 77.5 Å². The summed E-state index contributed by atoms with van der Waals surface area (Å²) in [6.45, 7) is 2.85. The third-order valence-electron chi connectivity index (χ3n) is 10.6. The van der Waals surface area contributed by atoms with Crippen LogP contribution >= 0.6 is 23.2 Å². The number of rotatable bonds is 12. The molecule has 0 fully saturated rings. The van der Waals surface area contributed by atoms with Crippen LogP contribution in [0.2, 0.25) is 10.0 Å². The van der Waals surface area contributed by atoms with Gasteiger partial charge in [0.05, 0.1) is 30.4 Å². The minimum atomic E-state index is -4.91. The maximum absolute atomic E-state index is 13.3. The molecule has 368 valence electrons. The van der Waals surface area contributed by atoms with Crippen molar-refractivity contribution in [1.29, 1.82) is 0 Å². The molecule has 0 heterocycles. The van der Waals surface area contributed by atoms with Crippen LogP contribution in [0.15, 0.2) is 164 Å². The first-order chi connectivity index (χ1) is 34.2. The number of amides is 2. The van der Waals surface area contributed by atoms with Gasteiger partial charge in [-0.25, -0.2) is 8.42 Å². The molecule has 0 aliphatic heterocycles. The fraction of sp³-hybridized carbons (Fsp3) is 0.0800. The molecule has 0 saturated carbocycles. The van der Waals surface area contributed by atoms with E-state index in [1.807, 2.05) is 0 Å². The topological polar surface area (TPSA) is 281 Å². The van der Waals surface area contributed by atoms with E-state index in [1.54, 1.807) is 97.1 Å². The smallest absolute Gasteiger partial charge is 0.870 e. The number of nitrogens with zero attached hydrogens (tertiary/aromatic N) is 4. The van der Waals surface area contributed by atoms with Crippen LogP contribution < -0.4 is 25.2 Å². The van der Waals surface area contributed by atoms with Crippen molar-refractivity contribution < 1.29 is 55.2 Å². The summed E-state index contributed by atoms with van der Waals surface area (Å²) in [5.74, 6) is -1.25. The Morgan fingerprint density at radius 3 is 1.47 bits per heavy atom. The van der Waals surface area contributed by atoms with E-state index < -0.39 is 53.3 Å². The fourth-order valence-electron chi connectivity index (χ4n) is 7.36. The minimum Gasteiger partial charge on any atom is -0.870 e. The number of benzene rings is 8. The van der Waals surface area contributed by atoms with Gasteiger partial charge in [0.25, 0.3) is 21.9 Å². The molecule has 0 radical (unpaired) electrons. The van der Waals surface area contributed by atoms with Gasteiger partial charge in [0, 0.05) is 37.8 Å². The second kappa shape index (κ2) is 23.6. The standard InChI is InChI=1S/2C25H20ClN3O6S.Ba/c2*1-14-11-16(26)13-21(24(14)36(32,33)34)28-29-22-19-6-4-3-5-15(19)12-20(23(22)30)25(31)27-17-7-9-18(35-2)10-8-17;/h2*3-13,30H,1-2H3,(H,27,31)(H,32,33,34);/q;;+2/p-2. The third kappa shape index (κ3) is 13.2. The number of methoxy groups -OCH3 is 2. The number of anilines is 2. The molecule has 8 aromatic rings. The van der Waals surface area contributed by atoms with Gasteiger partial charge in [-0.2, -0.15) is 13.5 Å². The second-order valence-corrected chi connectivity index (χ2v) is 19.0. The minimum absolute atomic E-state index is 0. The molecular weight excluding hydrogens is 1150 g/mol. The van der Waals surface area contributed by atoms with E-state index in [2.05, 4.69) is 31.1 Å². The summed E-state index contributed by atoms with van der Waals surface area (Å²) in [5.41, 5.74) is 0.109. The Morgan fingerprint density at radius 1 is 0.589 bits per heavy atom. The van der Waals surface area contributed by atoms with E-state index in [0.717, 1.165) is 6.07 Å². The summed E-state index contributed by atoms with van der Waals surface area (Å²) in [7, 11) is -6.52. The number of hydrogen-bond acceptors (Lipinski definition) is 15. The summed E-state index contributed by atoms with van der Waals surface area (Å²) in [5, 5.41) is 47.9. The van der Waals surface area contributed by atoms with Crippen LogP contribution in [0.3, 0.4) is 0 Å². The van der Waals surface area contributed by atoms with Crippen molar-refractivity contribution in [1.82, 2.24) is 0 Å². The van der Waals surface area contributed by atoms with Crippen molar-refractivity contribution in [2.45, 2.75) is 23.6 Å². The Kier molecular flexibility index (Phi) is 18.1. The van der Waals surface area contributed by atoms with Crippen LogP contribution in [0.1, 0.15) is 31.8 Å². The molecule has 0 unspecified atom stereocenters. The fourth-order valence-corrected chi connectivity index (χ4v) is 9.53. The number of ether oxygens (including phenoxy) is 2. The number of nitrogens with one attached hydrogen (secondary N) is 2. The summed E-state index contributed by atoms with van der Waals surface area (Å²) >= 11 is 12.1. The Morgan fingerprint density at radius 2 is 1.00 bits per heavy atom. The van der Waals surface area contributed by atoms with E-state index in [0.29, 0.717) is 44.4 Å². The van der Waals surface area contributed by atoms with Gasteiger partial charge in [0.2, 0.25) is 0 Å². The number of carbonyl (C=O) groups excluding carboxylic acids is 2. The van der Waals surface area contributed by atoms with Crippen LogP contribution in [0.25, 0.3) is 21.5 Å². The normalized spacial score (nSPS) is 11.5. The molecule has 0 aliphatic carbocycles. The molecule has 18 nitrogen and oxygen atoms in total. The first-order valence-corrected chi connectivity index (χ1v) is 24.5. The molecule has 0 spiro atoms. The first kappa shape index (κ1) is 55.9. The largest absolute Gasteiger partial charge is 2.00 e. The number of halogens is 2. The van der Waals surface area contributed by atoms with E-state index in [9.17, 15) is 45.7 Å². The number of hydrogen-bond donors (Lipinski definition) is 4. The Hall–Kier alpha value is -6.41. The number of fused-ring (bicyclic) bond motifs is 2. The number of phenolic OH excluding ortho intramolecular Hbond substituents is 1. The average Bonchev–Trinajstić information content (AvgIpc) is 3.32. The van der Waals surface area contributed by atoms with Gasteiger partial charge in [-0.3, -0.25) is 14.1 Å². The molecule has 0 saturated heterocycles. The molecule has 0 aromatic heterocycles. The Labute approximate surface area is 468 Å². The second-order valence-electron chi connectivity index (χ2n) is 15.5. The first-order valence-electron chi connectivity index (χ1n) is 20.9. The molecule has 0 atom stereocenters. The molecule has 0 bridgehead atoms. The molecule has 73 heavy (non-hydrogen) atoms. The van der Waals surface area contributed by atoms with Gasteiger partial charge in [-0.15, -0.1) is 15.3 Å². The number of carbonyl (C=O) groups is 2. The van der Waals surface area contributed by atoms with Crippen LogP contribution in [0.4, 0.5) is 34.1 Å². The summed E-state index contributed by atoms with van der Waals surface area (Å²) in [6, 6.07) is 34.8. The molecule has 8 rings (SSSR count). The van der Waals surface area contributed by atoms with Crippen molar-refractivity contribution in [2.75, 3.05) is 24.9 Å². The molecule has 23 heteroatoms. The van der Waals surface area contributed by atoms with Crippen molar-refractivity contribution in [3.63, 3.8) is 0 Å². The molecule has 2 amide bonds. The van der Waals surface area contributed by atoms with Gasteiger partial charge in [0.1, 0.15) is 43.6 Å². The Bertz CT molecular complexity index is 3490. The monoisotopic (exact) mass is 1190 g/mol. The number of azo groups is 2. The SMILES string of the molecule is COc1ccc(NC(=O)c2cc3ccccc3c(N=Nc3cc(Cl)cc(C)c3S(=O)(=O)O)c2O)cc1.COc1ccc(NC(=O)c2cc3ccccc3c(N=Nc3cc(Cl)cc(C)c3S(=O)(=O)[O-])c2[O-])cc1.[Ba+2]. The summed E-state index contributed by atoms with van der Waals surface area (Å²) in [6.07, 6.45) is 0. The Balaban J connectivity index is 0.000000235. The van der Waals surface area contributed by atoms with Crippen LogP contribution in [0.5, 0.6) is 23.0 Å². The predicted octanol–water partition coefficient (Wildman–Crippen LogP) is 11.5. The predicted molar refractivity (Wildman–Crippen MR) is 275 cm³/mol. The van der Waals surface area contributed by atoms with Crippen LogP contribution in [-0.2, 0) is 20.2 Å². The van der Waals surface area contributed by atoms with E-state index in [4.69, 9.17) is 32.7 Å². The van der Waals surface area contributed by atoms with Gasteiger partial charge < -0.3 is 34.9 Å². The average molecular weight is 1190 g/mol. The van der Waals surface area contributed by atoms with Gasteiger partial charge >= 0.3 is 48.9 Å². The zero-order valence-electron chi connectivity index (χ0n) is 38.7.